The highest BCUT2D eigenvalue weighted by Gasteiger charge is 2.25. The average molecular weight is 233 g/mol. The molecule has 1 heterocycles. The predicted octanol–water partition coefficient (Wildman–Crippen LogP) is 2.09. The maximum Gasteiger partial charge on any atom is 0.213 e. The van der Waals surface area contributed by atoms with E-state index in [1.54, 1.807) is 11.2 Å². The summed E-state index contributed by atoms with van der Waals surface area (Å²) in [6, 6.07) is 0. The van der Waals surface area contributed by atoms with E-state index in [-0.39, 0.29) is 5.75 Å². The van der Waals surface area contributed by atoms with E-state index in [1.165, 1.54) is 6.42 Å². The summed E-state index contributed by atoms with van der Waals surface area (Å²) in [7, 11) is -2.96. The minimum absolute atomic E-state index is 0.235. The van der Waals surface area contributed by atoms with Crippen LogP contribution in [0.1, 0.15) is 40.0 Å². The van der Waals surface area contributed by atoms with Crippen molar-refractivity contribution in [2.75, 3.05) is 18.8 Å². The van der Waals surface area contributed by atoms with Gasteiger partial charge in [-0.05, 0) is 38.0 Å². The molecule has 0 saturated carbocycles. The van der Waals surface area contributed by atoms with Gasteiger partial charge in [-0.2, -0.15) is 0 Å². The van der Waals surface area contributed by atoms with Gasteiger partial charge in [-0.3, -0.25) is 0 Å². The maximum absolute atomic E-state index is 11.7. The Morgan fingerprint density at radius 1 is 1.27 bits per heavy atom. The van der Waals surface area contributed by atoms with Crippen LogP contribution in [0.3, 0.4) is 0 Å². The second kappa shape index (κ2) is 5.30. The molecule has 0 aromatic carbocycles. The molecule has 1 saturated heterocycles. The Labute approximate surface area is 93.9 Å². The molecule has 0 aliphatic carbocycles. The molecule has 0 spiro atoms. The fourth-order valence-electron chi connectivity index (χ4n) is 2.22. The number of hydrogen-bond acceptors (Lipinski definition) is 2. The zero-order valence-electron chi connectivity index (χ0n) is 10.1. The Morgan fingerprint density at radius 2 is 1.93 bits per heavy atom. The summed E-state index contributed by atoms with van der Waals surface area (Å²) in [5, 5.41) is 0. The fourth-order valence-corrected chi connectivity index (χ4v) is 3.38. The first kappa shape index (κ1) is 13.0. The van der Waals surface area contributed by atoms with Crippen molar-refractivity contribution < 1.29 is 8.42 Å². The van der Waals surface area contributed by atoms with Crippen molar-refractivity contribution in [2.24, 2.45) is 11.8 Å². The molecule has 3 nitrogen and oxygen atoms in total. The lowest BCUT2D eigenvalue weighted by atomic mass is 9.89. The van der Waals surface area contributed by atoms with Gasteiger partial charge in [0.1, 0.15) is 0 Å². The molecule has 0 N–H and O–H groups in total. The van der Waals surface area contributed by atoms with Crippen molar-refractivity contribution in [3.63, 3.8) is 0 Å². The highest BCUT2D eigenvalue weighted by molar-refractivity contribution is 7.89. The van der Waals surface area contributed by atoms with E-state index < -0.39 is 10.0 Å². The number of nitrogens with zero attached hydrogens (tertiary/aromatic N) is 1. The first-order chi connectivity index (χ1) is 6.97. The Morgan fingerprint density at radius 3 is 2.47 bits per heavy atom. The van der Waals surface area contributed by atoms with Crippen molar-refractivity contribution >= 4 is 10.0 Å². The Bertz CT molecular complexity index is 285. The molecule has 1 unspecified atom stereocenters. The van der Waals surface area contributed by atoms with E-state index in [1.807, 2.05) is 0 Å². The van der Waals surface area contributed by atoms with Crippen LogP contribution in [-0.4, -0.2) is 31.6 Å². The van der Waals surface area contributed by atoms with Crippen LogP contribution >= 0.6 is 0 Å². The monoisotopic (exact) mass is 233 g/mol. The van der Waals surface area contributed by atoms with E-state index in [0.29, 0.717) is 11.8 Å². The summed E-state index contributed by atoms with van der Waals surface area (Å²) in [4.78, 5) is 0. The van der Waals surface area contributed by atoms with Crippen molar-refractivity contribution in [1.29, 1.82) is 0 Å². The molecular formula is C11H23NO2S. The lowest BCUT2D eigenvalue weighted by Gasteiger charge is -2.20. The summed E-state index contributed by atoms with van der Waals surface area (Å²) < 4.78 is 25.1. The van der Waals surface area contributed by atoms with Crippen LogP contribution in [0.5, 0.6) is 0 Å². The van der Waals surface area contributed by atoms with Crippen LogP contribution in [0.2, 0.25) is 0 Å². The Balaban J connectivity index is 2.61. The first-order valence-corrected chi connectivity index (χ1v) is 7.56. The molecule has 0 amide bonds. The second-order valence-corrected chi connectivity index (χ2v) is 6.99. The average Bonchev–Trinajstić information content (AvgIpc) is 2.43. The van der Waals surface area contributed by atoms with Crippen LogP contribution in [0.15, 0.2) is 0 Å². The highest BCUT2D eigenvalue weighted by atomic mass is 32.2. The molecule has 0 aromatic rings. The second-order valence-electron chi connectivity index (χ2n) is 4.73. The third kappa shape index (κ3) is 3.45. The van der Waals surface area contributed by atoms with Crippen molar-refractivity contribution in [1.82, 2.24) is 4.31 Å². The van der Waals surface area contributed by atoms with Crippen LogP contribution < -0.4 is 0 Å². The zero-order chi connectivity index (χ0) is 11.5. The molecule has 90 valence electrons. The SMILES string of the molecule is CCS(=O)(=O)N1CCCC(C(C)C)CC1. The molecule has 0 radical (unpaired) electrons. The van der Waals surface area contributed by atoms with Gasteiger partial charge in [-0.15, -0.1) is 0 Å². The van der Waals surface area contributed by atoms with Crippen LogP contribution in [0.4, 0.5) is 0 Å². The van der Waals surface area contributed by atoms with Crippen molar-refractivity contribution in [3.05, 3.63) is 0 Å². The number of sulfonamides is 1. The summed E-state index contributed by atoms with van der Waals surface area (Å²) in [6.45, 7) is 7.63. The van der Waals surface area contributed by atoms with Crippen LogP contribution in [0, 0.1) is 11.8 Å². The smallest absolute Gasteiger partial charge is 0.212 e. The molecule has 1 aliphatic rings. The minimum Gasteiger partial charge on any atom is -0.212 e. The van der Waals surface area contributed by atoms with E-state index in [4.69, 9.17) is 0 Å². The van der Waals surface area contributed by atoms with Gasteiger partial charge in [-0.25, -0.2) is 12.7 Å². The molecule has 1 fully saturated rings. The number of rotatable bonds is 3. The van der Waals surface area contributed by atoms with Gasteiger partial charge in [0.05, 0.1) is 5.75 Å². The zero-order valence-corrected chi connectivity index (χ0v) is 10.9. The van der Waals surface area contributed by atoms with Gasteiger partial charge < -0.3 is 0 Å². The summed E-state index contributed by atoms with van der Waals surface area (Å²) >= 11 is 0. The largest absolute Gasteiger partial charge is 0.213 e. The lowest BCUT2D eigenvalue weighted by Crippen LogP contribution is -2.33. The van der Waals surface area contributed by atoms with Gasteiger partial charge in [0.2, 0.25) is 10.0 Å². The van der Waals surface area contributed by atoms with Gasteiger partial charge in [0, 0.05) is 13.1 Å². The van der Waals surface area contributed by atoms with Gasteiger partial charge in [0.15, 0.2) is 0 Å². The van der Waals surface area contributed by atoms with Crippen molar-refractivity contribution in [2.45, 2.75) is 40.0 Å². The van der Waals surface area contributed by atoms with Gasteiger partial charge >= 0.3 is 0 Å². The first-order valence-electron chi connectivity index (χ1n) is 5.95. The standard InChI is InChI=1S/C11H23NO2S/c1-4-15(13,14)12-8-5-6-11(7-9-12)10(2)3/h10-11H,4-9H2,1-3H3. The highest BCUT2D eigenvalue weighted by Crippen LogP contribution is 2.25. The van der Waals surface area contributed by atoms with Crippen LogP contribution in [-0.2, 0) is 10.0 Å². The molecule has 1 rings (SSSR count). The van der Waals surface area contributed by atoms with Gasteiger partial charge in [-0.1, -0.05) is 13.8 Å². The minimum atomic E-state index is -2.96. The molecule has 1 aliphatic heterocycles. The van der Waals surface area contributed by atoms with Crippen molar-refractivity contribution in [3.8, 4) is 0 Å². The quantitative estimate of drug-likeness (QED) is 0.748. The molecule has 15 heavy (non-hydrogen) atoms. The molecular weight excluding hydrogens is 210 g/mol. The molecule has 4 heteroatoms. The van der Waals surface area contributed by atoms with E-state index in [0.717, 1.165) is 25.9 Å². The van der Waals surface area contributed by atoms with Gasteiger partial charge in [0.25, 0.3) is 0 Å². The van der Waals surface area contributed by atoms with Crippen LogP contribution in [0.25, 0.3) is 0 Å². The molecule has 1 atom stereocenters. The Hall–Kier alpha value is -0.0900. The normalized spacial score (nSPS) is 25.5. The fraction of sp³-hybridized carbons (Fsp3) is 1.00. The van der Waals surface area contributed by atoms with E-state index >= 15 is 0 Å². The summed E-state index contributed by atoms with van der Waals surface area (Å²) in [5.41, 5.74) is 0. The third-order valence-corrected chi connectivity index (χ3v) is 5.31. The number of hydrogen-bond donors (Lipinski definition) is 0. The Kier molecular flexibility index (Phi) is 4.59. The topological polar surface area (TPSA) is 37.4 Å². The third-order valence-electron chi connectivity index (χ3n) is 3.43. The predicted molar refractivity (Wildman–Crippen MR) is 63.2 cm³/mol. The lowest BCUT2D eigenvalue weighted by molar-refractivity contribution is 0.341. The summed E-state index contributed by atoms with van der Waals surface area (Å²) in [5.74, 6) is 1.61. The maximum atomic E-state index is 11.7. The molecule has 0 aromatic heterocycles. The van der Waals surface area contributed by atoms with E-state index in [2.05, 4.69) is 13.8 Å². The molecule has 0 bridgehead atoms. The summed E-state index contributed by atoms with van der Waals surface area (Å²) in [6.07, 6.45) is 3.21. The van der Waals surface area contributed by atoms with E-state index in [9.17, 15) is 8.42 Å².